The van der Waals surface area contributed by atoms with Crippen molar-refractivity contribution < 1.29 is 0 Å². The summed E-state index contributed by atoms with van der Waals surface area (Å²) < 4.78 is 0.362. The van der Waals surface area contributed by atoms with Crippen molar-refractivity contribution in [2.24, 2.45) is 0 Å². The Morgan fingerprint density at radius 2 is 2.15 bits per heavy atom. The third-order valence-electron chi connectivity index (χ3n) is 2.04. The zero-order valence-corrected chi connectivity index (χ0v) is 10.5. The first-order valence-electron chi connectivity index (χ1n) is 4.65. The van der Waals surface area contributed by atoms with Crippen molar-refractivity contribution in [1.29, 1.82) is 0 Å². The fraction of sp³-hybridized carbons (Fsp3) is 0.636. The molecule has 0 aromatic heterocycles. The van der Waals surface area contributed by atoms with Gasteiger partial charge in [-0.2, -0.15) is 0 Å². The molecule has 0 saturated heterocycles. The van der Waals surface area contributed by atoms with E-state index in [1.807, 2.05) is 29.6 Å². The highest BCUT2D eigenvalue weighted by molar-refractivity contribution is 8.18. The Bertz CT molecular complexity index is 157. The third kappa shape index (κ3) is 4.82. The van der Waals surface area contributed by atoms with E-state index in [9.17, 15) is 0 Å². The molecule has 0 aromatic carbocycles. The van der Waals surface area contributed by atoms with Gasteiger partial charge in [-0.05, 0) is 26.0 Å². The summed E-state index contributed by atoms with van der Waals surface area (Å²) in [4.78, 5) is 0. The maximum absolute atomic E-state index is 3.76. The third-order valence-corrected chi connectivity index (χ3v) is 5.48. The van der Waals surface area contributed by atoms with E-state index in [1.165, 1.54) is 6.42 Å². The van der Waals surface area contributed by atoms with Crippen LogP contribution in [-0.4, -0.2) is 16.1 Å². The van der Waals surface area contributed by atoms with Gasteiger partial charge in [0.15, 0.2) is 0 Å². The van der Waals surface area contributed by atoms with Crippen LogP contribution < -0.4 is 0 Å². The molecule has 0 spiro atoms. The van der Waals surface area contributed by atoms with Gasteiger partial charge < -0.3 is 0 Å². The van der Waals surface area contributed by atoms with E-state index in [0.717, 1.165) is 12.2 Å². The quantitative estimate of drug-likeness (QED) is 0.458. The van der Waals surface area contributed by atoms with Crippen LogP contribution in [0.2, 0.25) is 0 Å². The molecule has 0 bridgehead atoms. The molecule has 0 amide bonds. The predicted molar refractivity (Wildman–Crippen MR) is 68.6 cm³/mol. The second kappa shape index (κ2) is 7.57. The number of allylic oxidation sites excluding steroid dienone is 2. The fourth-order valence-electron chi connectivity index (χ4n) is 1.10. The molecule has 0 nitrogen and oxygen atoms in total. The van der Waals surface area contributed by atoms with Crippen molar-refractivity contribution in [3.05, 3.63) is 24.8 Å². The van der Waals surface area contributed by atoms with E-state index < -0.39 is 0 Å². The first-order chi connectivity index (χ1) is 6.24. The van der Waals surface area contributed by atoms with Crippen molar-refractivity contribution in [2.45, 2.75) is 30.8 Å². The van der Waals surface area contributed by atoms with Crippen LogP contribution in [0.15, 0.2) is 24.8 Å². The number of rotatable bonds is 7. The van der Waals surface area contributed by atoms with Gasteiger partial charge in [0.2, 0.25) is 0 Å². The average Bonchev–Trinajstić information content (AvgIpc) is 2.20. The summed E-state index contributed by atoms with van der Waals surface area (Å²) in [5, 5.41) is 0. The summed E-state index contributed by atoms with van der Waals surface area (Å²) in [6.07, 6.45) is 10.9. The lowest BCUT2D eigenvalue weighted by Crippen LogP contribution is -2.17. The monoisotopic (exact) mass is 216 g/mol. The van der Waals surface area contributed by atoms with Crippen molar-refractivity contribution >= 4 is 23.5 Å². The van der Waals surface area contributed by atoms with Gasteiger partial charge in [0.05, 0.1) is 4.08 Å². The molecular formula is C11H20S2. The number of hydrogen-bond donors (Lipinski definition) is 0. The summed E-state index contributed by atoms with van der Waals surface area (Å²) >= 11 is 3.96. The Hall–Kier alpha value is 0.180. The molecule has 0 aliphatic carbocycles. The zero-order valence-electron chi connectivity index (χ0n) is 8.88. The van der Waals surface area contributed by atoms with Crippen molar-refractivity contribution in [3.8, 4) is 0 Å². The summed E-state index contributed by atoms with van der Waals surface area (Å²) in [6, 6.07) is 0. The van der Waals surface area contributed by atoms with Gasteiger partial charge in [-0.1, -0.05) is 25.2 Å². The van der Waals surface area contributed by atoms with Gasteiger partial charge in [0.1, 0.15) is 0 Å². The summed E-state index contributed by atoms with van der Waals surface area (Å²) in [5.74, 6) is 1.05. The Morgan fingerprint density at radius 1 is 1.46 bits per heavy atom. The molecule has 76 valence electrons. The SMILES string of the molecule is C=CCSC(CC)(C/C=C/C)SC. The molecule has 0 heterocycles. The molecular weight excluding hydrogens is 196 g/mol. The van der Waals surface area contributed by atoms with Gasteiger partial charge in [0.25, 0.3) is 0 Å². The lowest BCUT2D eigenvalue weighted by atomic mass is 10.2. The van der Waals surface area contributed by atoms with E-state index in [0.29, 0.717) is 4.08 Å². The molecule has 0 N–H and O–H groups in total. The molecule has 0 aliphatic rings. The highest BCUT2D eigenvalue weighted by atomic mass is 32.2. The topological polar surface area (TPSA) is 0 Å². The van der Waals surface area contributed by atoms with Crippen LogP contribution in [0.4, 0.5) is 0 Å². The molecule has 0 rings (SSSR count). The number of hydrogen-bond acceptors (Lipinski definition) is 2. The van der Waals surface area contributed by atoms with Crippen LogP contribution in [0.3, 0.4) is 0 Å². The summed E-state index contributed by atoms with van der Waals surface area (Å²) in [7, 11) is 0. The first kappa shape index (κ1) is 13.2. The Labute approximate surface area is 91.3 Å². The predicted octanol–water partition coefficient (Wildman–Crippen LogP) is 4.34. The lowest BCUT2D eigenvalue weighted by Gasteiger charge is -2.28. The molecule has 1 atom stereocenters. The molecule has 1 unspecified atom stereocenters. The van der Waals surface area contributed by atoms with Gasteiger partial charge >= 0.3 is 0 Å². The maximum Gasteiger partial charge on any atom is 0.0643 e. The van der Waals surface area contributed by atoms with Crippen LogP contribution in [-0.2, 0) is 0 Å². The highest BCUT2D eigenvalue weighted by Gasteiger charge is 2.25. The molecule has 0 aliphatic heterocycles. The van der Waals surface area contributed by atoms with E-state index >= 15 is 0 Å². The Morgan fingerprint density at radius 3 is 2.54 bits per heavy atom. The molecule has 0 saturated carbocycles. The van der Waals surface area contributed by atoms with Gasteiger partial charge in [-0.3, -0.25) is 0 Å². The molecule has 0 aromatic rings. The maximum atomic E-state index is 3.76. The van der Waals surface area contributed by atoms with E-state index in [-0.39, 0.29) is 0 Å². The van der Waals surface area contributed by atoms with Gasteiger partial charge in [-0.25, -0.2) is 0 Å². The van der Waals surface area contributed by atoms with E-state index in [4.69, 9.17) is 0 Å². The highest BCUT2D eigenvalue weighted by Crippen LogP contribution is 2.42. The molecule has 2 heteroatoms. The van der Waals surface area contributed by atoms with Crippen molar-refractivity contribution in [3.63, 3.8) is 0 Å². The minimum atomic E-state index is 0.362. The summed E-state index contributed by atoms with van der Waals surface area (Å²) in [6.45, 7) is 8.11. The minimum Gasteiger partial charge on any atom is -0.147 e. The normalized spacial score (nSPS) is 15.9. The van der Waals surface area contributed by atoms with Crippen molar-refractivity contribution in [2.75, 3.05) is 12.0 Å². The Balaban J connectivity index is 4.20. The van der Waals surface area contributed by atoms with Crippen LogP contribution in [0.1, 0.15) is 26.7 Å². The second-order valence-corrected chi connectivity index (χ2v) is 5.69. The largest absolute Gasteiger partial charge is 0.147 e. The molecule has 13 heavy (non-hydrogen) atoms. The van der Waals surface area contributed by atoms with Crippen LogP contribution in [0.25, 0.3) is 0 Å². The standard InChI is InChI=1S/C11H20S2/c1-5-8-9-11(7-3,12-4)13-10-6-2/h5-6,8H,2,7,9-10H2,1,3-4H3/b8-5+. The minimum absolute atomic E-state index is 0.362. The average molecular weight is 216 g/mol. The van der Waals surface area contributed by atoms with Crippen LogP contribution >= 0.6 is 23.5 Å². The van der Waals surface area contributed by atoms with E-state index in [2.05, 4.69) is 38.8 Å². The first-order valence-corrected chi connectivity index (χ1v) is 6.87. The second-order valence-electron chi connectivity index (χ2n) is 2.84. The molecule has 0 radical (unpaired) electrons. The lowest BCUT2D eigenvalue weighted by molar-refractivity contribution is 0.781. The van der Waals surface area contributed by atoms with Crippen LogP contribution in [0.5, 0.6) is 0 Å². The van der Waals surface area contributed by atoms with Gasteiger partial charge in [0, 0.05) is 5.75 Å². The fourth-order valence-corrected chi connectivity index (χ4v) is 3.17. The zero-order chi connectivity index (χ0) is 10.2. The number of thioether (sulfide) groups is 2. The summed E-state index contributed by atoms with van der Waals surface area (Å²) in [5.41, 5.74) is 0. The molecule has 0 fully saturated rings. The smallest absolute Gasteiger partial charge is 0.0643 e. The van der Waals surface area contributed by atoms with Crippen LogP contribution in [0, 0.1) is 0 Å². The van der Waals surface area contributed by atoms with E-state index in [1.54, 1.807) is 0 Å². The van der Waals surface area contributed by atoms with Gasteiger partial charge in [-0.15, -0.1) is 30.1 Å². The Kier molecular flexibility index (Phi) is 7.68. The van der Waals surface area contributed by atoms with Crippen molar-refractivity contribution in [1.82, 2.24) is 0 Å².